The standard InChI is InChI=1S/C26H38N4.2C7H7.Zr/c1-25(2,3)23-15-9-11-19(29-23)17-27-21-13-7-8-14-22(21)28-18-20-12-10-16-24(30-20)26(4,5)6;2*1-7-5-3-2-4-6-7;/h9-12,15-16,21-22H,7-8,13-14,17-18H2,1-6H3;2*2-6H,1H2;/q-2;2*-1;+4/t21-,22-;;;/m1.../s1. The predicted octanol–water partition coefficient (Wildman–Crippen LogP) is 10.6. The van der Waals surface area contributed by atoms with Crippen molar-refractivity contribution in [3.63, 3.8) is 0 Å². The van der Waals surface area contributed by atoms with Gasteiger partial charge in [-0.3, -0.25) is 9.97 Å². The molecule has 0 saturated heterocycles. The molecule has 0 unspecified atom stereocenters. The largest absolute Gasteiger partial charge is 4.00 e. The molecule has 5 heteroatoms. The molecule has 0 aliphatic heterocycles. The second-order valence-electron chi connectivity index (χ2n) is 13.6. The van der Waals surface area contributed by atoms with Gasteiger partial charge in [0.25, 0.3) is 0 Å². The van der Waals surface area contributed by atoms with E-state index in [0.717, 1.165) is 46.7 Å². The minimum atomic E-state index is 0. The van der Waals surface area contributed by atoms with Crippen LogP contribution in [0.25, 0.3) is 10.6 Å². The van der Waals surface area contributed by atoms with Crippen LogP contribution in [-0.4, -0.2) is 22.1 Å². The number of rotatable bonds is 6. The number of hydrogen-bond donors (Lipinski definition) is 0. The molecule has 45 heavy (non-hydrogen) atoms. The summed E-state index contributed by atoms with van der Waals surface area (Å²) in [4.78, 5) is 9.69. The summed E-state index contributed by atoms with van der Waals surface area (Å²) in [5.41, 5.74) is 6.65. The van der Waals surface area contributed by atoms with Crippen LogP contribution in [0, 0.1) is 13.8 Å². The Morgan fingerprint density at radius 2 is 0.911 bits per heavy atom. The molecule has 2 aromatic heterocycles. The van der Waals surface area contributed by atoms with Gasteiger partial charge in [0, 0.05) is 33.6 Å². The topological polar surface area (TPSA) is 54.0 Å². The maximum Gasteiger partial charge on any atom is 4.00 e. The zero-order chi connectivity index (χ0) is 32.0. The summed E-state index contributed by atoms with van der Waals surface area (Å²) in [6.07, 6.45) is 4.74. The van der Waals surface area contributed by atoms with Gasteiger partial charge in [-0.2, -0.15) is 61.3 Å². The van der Waals surface area contributed by atoms with E-state index in [1.54, 1.807) is 0 Å². The summed E-state index contributed by atoms with van der Waals surface area (Å²) in [5, 5.41) is 10.1. The van der Waals surface area contributed by atoms with Gasteiger partial charge in [-0.15, -0.1) is 37.4 Å². The van der Waals surface area contributed by atoms with Crippen LogP contribution in [0.4, 0.5) is 0 Å². The monoisotopic (exact) mass is 678 g/mol. The molecular formula is C40H52N4Zr. The Labute approximate surface area is 293 Å². The quantitative estimate of drug-likeness (QED) is 0.191. The summed E-state index contributed by atoms with van der Waals surface area (Å²) >= 11 is 0. The fourth-order valence-electron chi connectivity index (χ4n) is 4.87. The van der Waals surface area contributed by atoms with Gasteiger partial charge in [0.2, 0.25) is 0 Å². The summed E-state index contributed by atoms with van der Waals surface area (Å²) in [6, 6.07) is 33.0. The molecule has 0 amide bonds. The van der Waals surface area contributed by atoms with E-state index in [-0.39, 0.29) is 37.0 Å². The second-order valence-corrected chi connectivity index (χ2v) is 13.6. The molecular weight excluding hydrogens is 628 g/mol. The van der Waals surface area contributed by atoms with E-state index in [1.807, 2.05) is 60.7 Å². The summed E-state index contributed by atoms with van der Waals surface area (Å²) in [7, 11) is 0. The molecule has 4 nitrogen and oxygen atoms in total. The Bertz CT molecular complexity index is 1250. The zero-order valence-corrected chi connectivity index (χ0v) is 30.8. The average Bonchev–Trinajstić information content (AvgIpc) is 3.00. The van der Waals surface area contributed by atoms with Crippen molar-refractivity contribution in [2.75, 3.05) is 0 Å². The van der Waals surface area contributed by atoms with Crippen LogP contribution >= 0.6 is 0 Å². The fourth-order valence-corrected chi connectivity index (χ4v) is 4.87. The normalized spacial score (nSPS) is 16.2. The summed E-state index contributed by atoms with van der Waals surface area (Å²) in [5.74, 6) is 0. The third-order valence-electron chi connectivity index (χ3n) is 7.51. The molecule has 4 aromatic rings. The van der Waals surface area contributed by atoms with Crippen molar-refractivity contribution < 1.29 is 26.2 Å². The first-order valence-corrected chi connectivity index (χ1v) is 15.9. The molecule has 1 aliphatic carbocycles. The Hall–Kier alpha value is -2.72. The maximum atomic E-state index is 5.05. The van der Waals surface area contributed by atoms with E-state index in [2.05, 4.69) is 91.8 Å². The number of nitrogens with zero attached hydrogens (tertiary/aromatic N) is 4. The molecule has 0 radical (unpaired) electrons. The van der Waals surface area contributed by atoms with Crippen LogP contribution in [0.2, 0.25) is 0 Å². The predicted molar refractivity (Wildman–Crippen MR) is 188 cm³/mol. The summed E-state index contributed by atoms with van der Waals surface area (Å²) < 4.78 is 0. The maximum absolute atomic E-state index is 5.05. The Balaban J connectivity index is 0.000000384. The van der Waals surface area contributed by atoms with Crippen LogP contribution in [0.3, 0.4) is 0 Å². The van der Waals surface area contributed by atoms with E-state index in [1.165, 1.54) is 12.8 Å². The van der Waals surface area contributed by atoms with Crippen molar-refractivity contribution in [1.82, 2.24) is 9.97 Å². The second kappa shape index (κ2) is 19.1. The van der Waals surface area contributed by atoms with Crippen LogP contribution in [-0.2, 0) is 50.1 Å². The van der Waals surface area contributed by atoms with E-state index in [0.29, 0.717) is 25.2 Å². The van der Waals surface area contributed by atoms with Gasteiger partial charge >= 0.3 is 26.2 Å². The van der Waals surface area contributed by atoms with E-state index in [9.17, 15) is 0 Å². The van der Waals surface area contributed by atoms with Gasteiger partial charge in [0.05, 0.1) is 0 Å². The molecule has 236 valence electrons. The molecule has 0 bridgehead atoms. The molecule has 1 saturated carbocycles. The van der Waals surface area contributed by atoms with Gasteiger partial charge in [-0.25, -0.2) is 0 Å². The Morgan fingerprint density at radius 3 is 1.20 bits per heavy atom. The van der Waals surface area contributed by atoms with E-state index in [4.69, 9.17) is 20.6 Å². The zero-order valence-electron chi connectivity index (χ0n) is 28.3. The average molecular weight is 680 g/mol. The molecule has 2 aromatic carbocycles. The third-order valence-corrected chi connectivity index (χ3v) is 7.51. The molecule has 2 atom stereocenters. The van der Waals surface area contributed by atoms with Crippen molar-refractivity contribution in [2.24, 2.45) is 0 Å². The van der Waals surface area contributed by atoms with Gasteiger partial charge in [0.15, 0.2) is 0 Å². The SMILES string of the molecule is CC(C)(C)c1cccc(C[N-][C@@H]2CCCC[C@H]2[N-]Cc2cccc(C(C)(C)C)n2)n1.[CH2-]c1ccccc1.[CH2-]c1ccccc1.[Zr+4]. The number of hydrogen-bond acceptors (Lipinski definition) is 2. The van der Waals surface area contributed by atoms with E-state index < -0.39 is 0 Å². The minimum Gasteiger partial charge on any atom is -0.656 e. The number of aromatic nitrogens is 2. The molecule has 0 spiro atoms. The molecule has 0 N–H and O–H groups in total. The van der Waals surface area contributed by atoms with Crippen LogP contribution in [0.5, 0.6) is 0 Å². The number of pyridine rings is 2. The van der Waals surface area contributed by atoms with Crippen molar-refractivity contribution in [3.8, 4) is 0 Å². The third kappa shape index (κ3) is 14.5. The minimum absolute atomic E-state index is 0. The molecule has 1 aliphatic rings. The first kappa shape index (κ1) is 38.5. The fraction of sp³-hybridized carbons (Fsp3) is 0.400. The van der Waals surface area contributed by atoms with Gasteiger partial charge in [-0.1, -0.05) is 91.5 Å². The van der Waals surface area contributed by atoms with Gasteiger partial charge < -0.3 is 10.6 Å². The van der Waals surface area contributed by atoms with E-state index >= 15 is 0 Å². The first-order valence-electron chi connectivity index (χ1n) is 15.9. The smallest absolute Gasteiger partial charge is 0.656 e. The van der Waals surface area contributed by atoms with Gasteiger partial charge in [-0.05, 0) is 24.3 Å². The van der Waals surface area contributed by atoms with Crippen LogP contribution < -0.4 is 0 Å². The molecule has 5 rings (SSSR count). The van der Waals surface area contributed by atoms with Gasteiger partial charge in [0.1, 0.15) is 0 Å². The van der Waals surface area contributed by atoms with Crippen molar-refractivity contribution in [3.05, 3.63) is 155 Å². The van der Waals surface area contributed by atoms with Crippen molar-refractivity contribution in [1.29, 1.82) is 0 Å². The molecule has 1 fully saturated rings. The van der Waals surface area contributed by atoms with Crippen LogP contribution in [0.1, 0.15) is 101 Å². The number of benzene rings is 2. The summed E-state index contributed by atoms with van der Waals surface area (Å²) in [6.45, 7) is 22.0. The Kier molecular flexibility index (Phi) is 16.3. The molecule has 2 heterocycles. The first-order chi connectivity index (χ1) is 20.9. The van der Waals surface area contributed by atoms with Crippen molar-refractivity contribution >= 4 is 0 Å². The van der Waals surface area contributed by atoms with Crippen molar-refractivity contribution in [2.45, 2.75) is 103 Å². The van der Waals surface area contributed by atoms with Crippen LogP contribution in [0.15, 0.2) is 97.1 Å². The Morgan fingerprint density at radius 1 is 0.556 bits per heavy atom.